The Balaban J connectivity index is 0. The van der Waals surface area contributed by atoms with Gasteiger partial charge in [-0.1, -0.05) is 0 Å². The van der Waals surface area contributed by atoms with Crippen molar-refractivity contribution in [3.8, 4) is 23.9 Å². The fourth-order valence-electron chi connectivity index (χ4n) is 0.670. The molecule has 0 aliphatic carbocycles. The summed E-state index contributed by atoms with van der Waals surface area (Å²) in [4.78, 5) is 0. The fourth-order valence-corrected chi connectivity index (χ4v) is 0.670. The molecule has 0 spiro atoms. The first-order valence-electron chi connectivity index (χ1n) is 5.48. The number of hydrogen-bond acceptors (Lipinski definition) is 5. The average Bonchev–Trinajstić information content (AvgIpc) is 2.41. The lowest BCUT2D eigenvalue weighted by Gasteiger charge is -2.27. The predicted octanol–water partition coefficient (Wildman–Crippen LogP) is 0.415. The van der Waals surface area contributed by atoms with E-state index in [1.54, 1.807) is 7.11 Å². The second-order valence-corrected chi connectivity index (χ2v) is 4.35. The minimum absolute atomic E-state index is 0.862. The van der Waals surface area contributed by atoms with E-state index >= 15 is 0 Å². The highest BCUT2D eigenvalue weighted by molar-refractivity contribution is 7.05. The van der Waals surface area contributed by atoms with E-state index in [2.05, 4.69) is 21.0 Å². The van der Waals surface area contributed by atoms with Gasteiger partial charge in [0, 0.05) is 7.11 Å². The second kappa shape index (κ2) is 9.02. The molecule has 6 nitrogen and oxygen atoms in total. The van der Waals surface area contributed by atoms with Crippen molar-refractivity contribution in [2.24, 2.45) is 0 Å². The molecule has 0 aromatic rings. The topological polar surface area (TPSA) is 104 Å². The molecule has 0 saturated heterocycles. The minimum Gasteiger partial charge on any atom is -0.379 e. The molecule has 0 fully saturated rings. The molecule has 96 valence electrons. The molecule has 0 radical (unpaired) electrons. The predicted molar refractivity (Wildman–Crippen MR) is 67.6 cm³/mol. The van der Waals surface area contributed by atoms with E-state index in [-0.39, 0.29) is 0 Å². The number of likely N-dealkylation sites (N-methyl/N-ethyl adjacent to an activating group) is 1. The number of hydrogen-bond donors (Lipinski definition) is 0. The molecule has 0 aromatic carbocycles. The van der Waals surface area contributed by atoms with Crippen molar-refractivity contribution in [1.82, 2.24) is 0 Å². The molecule has 0 unspecified atom stereocenters. The highest BCUT2D eigenvalue weighted by Gasteiger charge is 2.22. The molecular weight excluding hydrogens is 229 g/mol. The van der Waals surface area contributed by atoms with E-state index in [1.807, 2.05) is 0 Å². The van der Waals surface area contributed by atoms with Crippen LogP contribution >= 0.6 is 0 Å². The van der Waals surface area contributed by atoms with Crippen LogP contribution in [0, 0.1) is 44.9 Å². The fraction of sp³-hybridized carbons (Fsp3) is 0.636. The summed E-state index contributed by atoms with van der Waals surface area (Å²) in [6.07, 6.45) is -2.72. The van der Waals surface area contributed by atoms with Crippen LogP contribution in [0.5, 0.6) is 0 Å². The molecule has 0 heterocycles. The lowest BCUT2D eigenvalue weighted by atomic mass is 9.30. The Morgan fingerprint density at radius 2 is 1.39 bits per heavy atom. The summed E-state index contributed by atoms with van der Waals surface area (Å²) in [5.74, 6) is 5.38. The van der Waals surface area contributed by atoms with Crippen molar-refractivity contribution in [3.63, 3.8) is 0 Å². The van der Waals surface area contributed by atoms with Crippen LogP contribution in [0.3, 0.4) is 0 Å². The zero-order valence-electron chi connectivity index (χ0n) is 11.3. The van der Waals surface area contributed by atoms with Gasteiger partial charge in [0.25, 0.3) is 0 Å². The summed E-state index contributed by atoms with van der Waals surface area (Å²) >= 11 is 0. The third-order valence-corrected chi connectivity index (χ3v) is 2.53. The molecule has 0 rings (SSSR count). The van der Waals surface area contributed by atoms with Crippen molar-refractivity contribution < 1.29 is 9.22 Å². The third-order valence-electron chi connectivity index (χ3n) is 2.53. The Morgan fingerprint density at radius 1 is 1.00 bits per heavy atom. The molecule has 0 aliphatic heterocycles. The van der Waals surface area contributed by atoms with Gasteiger partial charge in [-0.2, -0.15) is 0 Å². The highest BCUT2D eigenvalue weighted by atomic mass is 16.5. The molecule has 18 heavy (non-hydrogen) atoms. The van der Waals surface area contributed by atoms with Crippen LogP contribution in [0.15, 0.2) is 0 Å². The molecule has 0 aromatic heterocycles. The highest BCUT2D eigenvalue weighted by Crippen LogP contribution is 1.93. The van der Waals surface area contributed by atoms with E-state index in [1.165, 1.54) is 30.4 Å². The lowest BCUT2D eigenvalue weighted by molar-refractivity contribution is -0.888. The maximum Gasteiger partial charge on any atom is 0.383 e. The summed E-state index contributed by atoms with van der Waals surface area (Å²) < 4.78 is 6.01. The SMILES string of the molecule is CC[N+](C)(C)CCOC.N#C[B-](C#N)(C#N)C#N. The summed E-state index contributed by atoms with van der Waals surface area (Å²) in [7, 11) is 6.16. The average molecular weight is 247 g/mol. The number of nitrogens with zero attached hydrogens (tertiary/aromatic N) is 5. The Bertz CT molecular complexity index is 346. The molecule has 0 saturated carbocycles. The van der Waals surface area contributed by atoms with Gasteiger partial charge in [0.1, 0.15) is 6.54 Å². The summed E-state index contributed by atoms with van der Waals surface area (Å²) in [6.45, 7) is 5.33. The van der Waals surface area contributed by atoms with Crippen LogP contribution in [-0.2, 0) is 4.74 Å². The van der Waals surface area contributed by atoms with Crippen LogP contribution in [-0.4, -0.2) is 51.5 Å². The van der Waals surface area contributed by atoms with Gasteiger partial charge in [-0.15, -0.1) is 23.9 Å². The quantitative estimate of drug-likeness (QED) is 0.528. The number of quaternary nitrogens is 1. The van der Waals surface area contributed by atoms with Gasteiger partial charge in [0.05, 0.1) is 27.2 Å². The lowest BCUT2D eigenvalue weighted by Crippen LogP contribution is -2.41. The number of methoxy groups -OCH3 is 1. The van der Waals surface area contributed by atoms with Crippen LogP contribution in [0.25, 0.3) is 0 Å². The van der Waals surface area contributed by atoms with E-state index < -0.39 is 6.15 Å². The second-order valence-electron chi connectivity index (χ2n) is 4.35. The zero-order valence-corrected chi connectivity index (χ0v) is 11.3. The van der Waals surface area contributed by atoms with Gasteiger partial charge in [-0.05, 0) is 6.92 Å². The van der Waals surface area contributed by atoms with Crippen molar-refractivity contribution in [2.45, 2.75) is 6.92 Å². The first-order chi connectivity index (χ1) is 8.36. The van der Waals surface area contributed by atoms with Crippen LogP contribution in [0.1, 0.15) is 6.92 Å². The normalized spacial score (nSPS) is 9.78. The van der Waals surface area contributed by atoms with Gasteiger partial charge in [0.2, 0.25) is 0 Å². The van der Waals surface area contributed by atoms with Crippen molar-refractivity contribution >= 4 is 6.15 Å². The third kappa shape index (κ3) is 7.26. The standard InChI is InChI=1S/C7H18NO.C4BN4/c1-5-8(2,3)6-7-9-4;6-1-5(2-7,3-8)4-9/h5-7H2,1-4H3;/q+1;-1. The first-order valence-corrected chi connectivity index (χ1v) is 5.48. The maximum atomic E-state index is 8.09. The van der Waals surface area contributed by atoms with Crippen molar-refractivity contribution in [2.75, 3.05) is 40.9 Å². The van der Waals surface area contributed by atoms with E-state index in [0.717, 1.165) is 17.6 Å². The molecule has 7 heteroatoms. The van der Waals surface area contributed by atoms with Gasteiger partial charge >= 0.3 is 6.15 Å². The Kier molecular flexibility index (Phi) is 9.18. The van der Waals surface area contributed by atoms with Gasteiger partial charge in [0.15, 0.2) is 0 Å². The van der Waals surface area contributed by atoms with Crippen LogP contribution in [0.2, 0.25) is 0 Å². The largest absolute Gasteiger partial charge is 0.383 e. The monoisotopic (exact) mass is 247 g/mol. The Morgan fingerprint density at radius 3 is 1.56 bits per heavy atom. The summed E-state index contributed by atoms with van der Waals surface area (Å²) in [5.41, 5.74) is 0. The van der Waals surface area contributed by atoms with Crippen molar-refractivity contribution in [1.29, 1.82) is 21.0 Å². The maximum absolute atomic E-state index is 8.09. The van der Waals surface area contributed by atoms with Crippen molar-refractivity contribution in [3.05, 3.63) is 0 Å². The molecule has 0 bridgehead atoms. The summed E-state index contributed by atoms with van der Waals surface area (Å²) in [5, 5.41) is 32.3. The summed E-state index contributed by atoms with van der Waals surface area (Å²) in [6, 6.07) is 0. The Hall–Kier alpha value is -2.06. The smallest absolute Gasteiger partial charge is 0.379 e. The van der Waals surface area contributed by atoms with E-state index in [9.17, 15) is 0 Å². The van der Waals surface area contributed by atoms with Gasteiger partial charge in [-0.3, -0.25) is 0 Å². The Labute approximate surface area is 109 Å². The number of nitriles is 4. The zero-order chi connectivity index (χ0) is 14.7. The number of rotatable bonds is 4. The first kappa shape index (κ1) is 18.3. The molecule has 0 aliphatic rings. The molecular formula is C11H18BN5O. The van der Waals surface area contributed by atoms with E-state index in [4.69, 9.17) is 25.8 Å². The van der Waals surface area contributed by atoms with Crippen LogP contribution in [0.4, 0.5) is 0 Å². The minimum atomic E-state index is -2.72. The van der Waals surface area contributed by atoms with Crippen LogP contribution < -0.4 is 0 Å². The number of ether oxygens (including phenoxy) is 1. The van der Waals surface area contributed by atoms with E-state index in [0.29, 0.717) is 0 Å². The molecule has 0 amide bonds. The van der Waals surface area contributed by atoms with Gasteiger partial charge in [-0.25, -0.2) is 21.0 Å². The van der Waals surface area contributed by atoms with Gasteiger partial charge < -0.3 is 9.22 Å². The molecule has 0 N–H and O–H groups in total. The molecule has 0 atom stereocenters.